The van der Waals surface area contributed by atoms with E-state index in [-0.39, 0.29) is 12.3 Å². The van der Waals surface area contributed by atoms with Crippen LogP contribution in [-0.2, 0) is 0 Å². The first-order valence-electron chi connectivity index (χ1n) is 13.5. The first-order chi connectivity index (χ1) is 19.1. The summed E-state index contributed by atoms with van der Waals surface area (Å²) in [4.78, 5) is 29.3. The van der Waals surface area contributed by atoms with Crippen molar-refractivity contribution < 1.29 is 9.50 Å². The van der Waals surface area contributed by atoms with E-state index in [1.807, 2.05) is 30.3 Å². The molecule has 0 spiro atoms. The summed E-state index contributed by atoms with van der Waals surface area (Å²) in [6.07, 6.45) is 8.23. The molecule has 4 saturated heterocycles. The molecular weight excluding hydrogens is 497 g/mol. The number of aromatic nitrogens is 5. The van der Waals surface area contributed by atoms with Gasteiger partial charge < -0.3 is 20.2 Å². The van der Waals surface area contributed by atoms with Crippen molar-refractivity contribution in [2.45, 2.75) is 31.3 Å². The van der Waals surface area contributed by atoms with E-state index in [1.54, 1.807) is 12.4 Å². The number of pyridine rings is 1. The lowest BCUT2D eigenvalue weighted by molar-refractivity contribution is -0.0124. The van der Waals surface area contributed by atoms with Crippen LogP contribution in [0.2, 0.25) is 0 Å². The van der Waals surface area contributed by atoms with Gasteiger partial charge in [-0.2, -0.15) is 0 Å². The zero-order valence-electron chi connectivity index (χ0n) is 21.5. The Hall–Kier alpha value is -3.96. The number of aliphatic hydroxyl groups is 1. The molecular formula is C28H30FN9O. The number of halogens is 1. The molecule has 0 amide bonds. The second-order valence-corrected chi connectivity index (χ2v) is 10.5. The van der Waals surface area contributed by atoms with E-state index in [1.165, 1.54) is 12.6 Å². The summed E-state index contributed by atoms with van der Waals surface area (Å²) in [5, 5.41) is 13.2. The zero-order valence-corrected chi connectivity index (χ0v) is 21.5. The maximum absolute atomic E-state index is 14.8. The number of hydrogen-bond acceptors (Lipinski definition) is 10. The number of rotatable bonds is 7. The Labute approximate surface area is 225 Å². The van der Waals surface area contributed by atoms with Gasteiger partial charge in [-0.1, -0.05) is 6.07 Å². The van der Waals surface area contributed by atoms with E-state index in [9.17, 15) is 9.50 Å². The van der Waals surface area contributed by atoms with Crippen LogP contribution in [0.15, 0.2) is 48.9 Å². The van der Waals surface area contributed by atoms with Gasteiger partial charge in [-0.25, -0.2) is 29.3 Å². The SMILES string of the molecule is OCCN1C2CC1CN(c1ccc(Nc3ncc(F)c(-c4ccc5nc(N6CCCC6)ncc5c4)n3)cn1)C2. The van der Waals surface area contributed by atoms with E-state index in [2.05, 4.69) is 40.0 Å². The van der Waals surface area contributed by atoms with Gasteiger partial charge in [0.1, 0.15) is 11.5 Å². The van der Waals surface area contributed by atoms with Crippen LogP contribution in [0, 0.1) is 5.82 Å². The summed E-state index contributed by atoms with van der Waals surface area (Å²) < 4.78 is 14.8. The third-order valence-electron chi connectivity index (χ3n) is 8.00. The second-order valence-electron chi connectivity index (χ2n) is 10.5. The first-order valence-corrected chi connectivity index (χ1v) is 13.5. The highest BCUT2D eigenvalue weighted by Gasteiger charge is 2.44. The third kappa shape index (κ3) is 4.61. The Bertz CT molecular complexity index is 1480. The molecule has 4 aromatic rings. The van der Waals surface area contributed by atoms with Crippen LogP contribution in [0.25, 0.3) is 22.2 Å². The predicted molar refractivity (Wildman–Crippen MR) is 148 cm³/mol. The molecule has 39 heavy (non-hydrogen) atoms. The quantitative estimate of drug-likeness (QED) is 0.372. The summed E-state index contributed by atoms with van der Waals surface area (Å²) in [6.45, 7) is 4.73. The summed E-state index contributed by atoms with van der Waals surface area (Å²) in [5.74, 6) is 1.46. The number of nitrogens with zero attached hydrogens (tertiary/aromatic N) is 8. The number of fused-ring (bicyclic) bond motifs is 3. The molecule has 8 rings (SSSR count). The van der Waals surface area contributed by atoms with Gasteiger partial charge in [0.25, 0.3) is 0 Å². The molecule has 10 nitrogen and oxygen atoms in total. The molecule has 0 aliphatic carbocycles. The van der Waals surface area contributed by atoms with Crippen LogP contribution in [0.5, 0.6) is 0 Å². The van der Waals surface area contributed by atoms with Crippen LogP contribution >= 0.6 is 0 Å². The van der Waals surface area contributed by atoms with Crippen molar-refractivity contribution in [2.24, 2.45) is 0 Å². The molecule has 0 radical (unpaired) electrons. The zero-order chi connectivity index (χ0) is 26.3. The highest BCUT2D eigenvalue weighted by molar-refractivity contribution is 5.84. The van der Waals surface area contributed by atoms with Crippen molar-refractivity contribution in [2.75, 3.05) is 54.4 Å². The molecule has 2 atom stereocenters. The number of hydrogen-bond donors (Lipinski definition) is 2. The van der Waals surface area contributed by atoms with E-state index in [4.69, 9.17) is 4.98 Å². The molecule has 7 heterocycles. The fraction of sp³-hybridized carbons (Fsp3) is 0.393. The largest absolute Gasteiger partial charge is 0.395 e. The maximum Gasteiger partial charge on any atom is 0.227 e. The Morgan fingerprint density at radius 1 is 0.923 bits per heavy atom. The fourth-order valence-corrected chi connectivity index (χ4v) is 6.00. The van der Waals surface area contributed by atoms with E-state index in [0.29, 0.717) is 23.6 Å². The van der Waals surface area contributed by atoms with Gasteiger partial charge in [0.05, 0.1) is 30.2 Å². The second kappa shape index (κ2) is 9.97. The van der Waals surface area contributed by atoms with Crippen LogP contribution in [0.1, 0.15) is 19.3 Å². The van der Waals surface area contributed by atoms with Gasteiger partial charge in [0.2, 0.25) is 11.9 Å². The number of nitrogens with one attached hydrogen (secondary N) is 1. The van der Waals surface area contributed by atoms with Crippen molar-refractivity contribution in [3.63, 3.8) is 0 Å². The Morgan fingerprint density at radius 3 is 2.54 bits per heavy atom. The monoisotopic (exact) mass is 527 g/mol. The van der Waals surface area contributed by atoms with Crippen molar-refractivity contribution in [1.82, 2.24) is 29.8 Å². The van der Waals surface area contributed by atoms with E-state index >= 15 is 0 Å². The first kappa shape index (κ1) is 24.1. The van der Waals surface area contributed by atoms with Crippen LogP contribution in [0.3, 0.4) is 0 Å². The van der Waals surface area contributed by atoms with Gasteiger partial charge >= 0.3 is 0 Å². The molecule has 2 unspecified atom stereocenters. The van der Waals surface area contributed by atoms with Gasteiger partial charge in [0.15, 0.2) is 5.82 Å². The van der Waals surface area contributed by atoms with E-state index in [0.717, 1.165) is 73.9 Å². The lowest BCUT2D eigenvalue weighted by Crippen LogP contribution is -2.69. The number of piperidine rings is 1. The number of aliphatic hydroxyl groups excluding tert-OH is 1. The van der Waals surface area contributed by atoms with Crippen molar-refractivity contribution in [1.29, 1.82) is 0 Å². The fourth-order valence-electron chi connectivity index (χ4n) is 6.00. The summed E-state index contributed by atoms with van der Waals surface area (Å²) in [7, 11) is 0. The third-order valence-corrected chi connectivity index (χ3v) is 8.00. The summed E-state index contributed by atoms with van der Waals surface area (Å²) >= 11 is 0. The Balaban J connectivity index is 1.06. The minimum absolute atomic E-state index is 0.202. The van der Waals surface area contributed by atoms with Gasteiger partial charge in [-0.05, 0) is 43.5 Å². The average Bonchev–Trinajstić information content (AvgIpc) is 3.52. The minimum atomic E-state index is -0.498. The molecule has 4 aliphatic rings. The van der Waals surface area contributed by atoms with E-state index < -0.39 is 5.82 Å². The number of piperazine rings is 1. The van der Waals surface area contributed by atoms with Crippen molar-refractivity contribution in [3.8, 4) is 11.3 Å². The number of benzene rings is 1. The minimum Gasteiger partial charge on any atom is -0.395 e. The molecule has 2 N–H and O–H groups in total. The normalized spacial score (nSPS) is 20.9. The molecule has 4 aliphatic heterocycles. The Morgan fingerprint density at radius 2 is 1.77 bits per heavy atom. The molecule has 11 heteroatoms. The van der Waals surface area contributed by atoms with Crippen molar-refractivity contribution >= 4 is 34.3 Å². The lowest BCUT2D eigenvalue weighted by atomic mass is 9.87. The number of anilines is 4. The maximum atomic E-state index is 14.8. The lowest BCUT2D eigenvalue weighted by Gasteiger charge is -2.56. The van der Waals surface area contributed by atoms with Gasteiger partial charge in [0, 0.05) is 62.0 Å². The standard InChI is InChI=1S/C28H30FN9O/c29-23-15-31-27(33-20-4-6-25(30-14-20)37-16-21-12-22(17-37)38(21)9-10-39)35-26(23)18-3-5-24-19(11-18)13-32-28(34-24)36-7-1-2-8-36/h3-6,11,13-15,21-22,39H,1-2,7-10,12,16-17H2,(H,31,33,35). The van der Waals surface area contributed by atoms with Crippen LogP contribution in [0.4, 0.5) is 27.8 Å². The highest BCUT2D eigenvalue weighted by atomic mass is 19.1. The summed E-state index contributed by atoms with van der Waals surface area (Å²) in [5.41, 5.74) is 2.39. The average molecular weight is 528 g/mol. The molecule has 4 fully saturated rings. The summed E-state index contributed by atoms with van der Waals surface area (Å²) in [6, 6.07) is 10.5. The van der Waals surface area contributed by atoms with Gasteiger partial charge in [-0.15, -0.1) is 0 Å². The molecule has 200 valence electrons. The molecule has 2 bridgehead atoms. The molecule has 1 aromatic carbocycles. The predicted octanol–water partition coefficient (Wildman–Crippen LogP) is 3.22. The smallest absolute Gasteiger partial charge is 0.227 e. The van der Waals surface area contributed by atoms with Crippen LogP contribution < -0.4 is 15.1 Å². The van der Waals surface area contributed by atoms with Crippen molar-refractivity contribution in [3.05, 3.63) is 54.7 Å². The molecule has 0 saturated carbocycles. The highest BCUT2D eigenvalue weighted by Crippen LogP contribution is 2.34. The van der Waals surface area contributed by atoms with Gasteiger partial charge in [-0.3, -0.25) is 4.90 Å². The Kier molecular flexibility index (Phi) is 6.16. The molecule has 3 aromatic heterocycles. The topological polar surface area (TPSA) is 106 Å². The van der Waals surface area contributed by atoms with Crippen LogP contribution in [-0.4, -0.2) is 86.3 Å².